The zero-order valence-electron chi connectivity index (χ0n) is 16.6. The molecule has 1 saturated heterocycles. The smallest absolute Gasteiger partial charge is 0.259 e. The topological polar surface area (TPSA) is 62.5 Å². The lowest BCUT2D eigenvalue weighted by Gasteiger charge is -2.25. The van der Waals surface area contributed by atoms with Gasteiger partial charge in [-0.15, -0.1) is 0 Å². The van der Waals surface area contributed by atoms with E-state index >= 15 is 0 Å². The minimum Gasteiger partial charge on any atom is -0.394 e. The van der Waals surface area contributed by atoms with Crippen molar-refractivity contribution in [3.05, 3.63) is 80.1 Å². The Balaban J connectivity index is 1.77. The molecular weight excluding hydrogens is 435 g/mol. The molecule has 31 heavy (non-hydrogen) atoms. The van der Waals surface area contributed by atoms with Crippen LogP contribution in [-0.2, 0) is 6.54 Å². The van der Waals surface area contributed by atoms with Gasteiger partial charge < -0.3 is 14.6 Å². The summed E-state index contributed by atoms with van der Waals surface area (Å²) in [5.74, 6) is -0.198. The van der Waals surface area contributed by atoms with Crippen molar-refractivity contribution in [2.24, 2.45) is 0 Å². The molecule has 158 valence electrons. The molecule has 3 heterocycles. The maximum Gasteiger partial charge on any atom is 0.259 e. The summed E-state index contributed by atoms with van der Waals surface area (Å²) in [5, 5.41) is 10.8. The van der Waals surface area contributed by atoms with Gasteiger partial charge in [-0.25, -0.2) is 0 Å². The number of carbonyl (C=O) groups excluding carboxylic acids is 1. The quantitative estimate of drug-likeness (QED) is 0.497. The summed E-state index contributed by atoms with van der Waals surface area (Å²) < 4.78 is 1.63. The number of hydrogen-bond donors (Lipinski definition) is 1. The van der Waals surface area contributed by atoms with Gasteiger partial charge in [0.25, 0.3) is 11.5 Å². The van der Waals surface area contributed by atoms with Crippen molar-refractivity contribution in [1.29, 1.82) is 0 Å². The first-order valence-corrected chi connectivity index (χ1v) is 11.0. The molecule has 0 spiro atoms. The van der Waals surface area contributed by atoms with E-state index in [1.54, 1.807) is 39.8 Å². The molecule has 0 aliphatic carbocycles. The van der Waals surface area contributed by atoms with Crippen molar-refractivity contribution in [2.45, 2.75) is 25.4 Å². The van der Waals surface area contributed by atoms with Gasteiger partial charge in [-0.2, -0.15) is 0 Å². The first-order valence-electron chi connectivity index (χ1n) is 10.2. The number of hydrogen-bond acceptors (Lipinski definition) is 3. The lowest BCUT2D eigenvalue weighted by Crippen LogP contribution is -2.38. The van der Waals surface area contributed by atoms with Crippen molar-refractivity contribution >= 4 is 29.1 Å². The van der Waals surface area contributed by atoms with Gasteiger partial charge in [-0.1, -0.05) is 47.5 Å². The zero-order chi connectivity index (χ0) is 21.7. The van der Waals surface area contributed by atoms with E-state index in [1.807, 2.05) is 18.2 Å². The number of aromatic nitrogens is 1. The van der Waals surface area contributed by atoms with Gasteiger partial charge in [0.1, 0.15) is 0 Å². The molecule has 1 amide bonds. The van der Waals surface area contributed by atoms with E-state index in [0.29, 0.717) is 45.5 Å². The van der Waals surface area contributed by atoms with Crippen LogP contribution in [0.2, 0.25) is 10.0 Å². The third-order valence-electron chi connectivity index (χ3n) is 6.17. The van der Waals surface area contributed by atoms with E-state index in [2.05, 4.69) is 0 Å². The second-order valence-corrected chi connectivity index (χ2v) is 8.82. The Hall–Kier alpha value is -2.60. The van der Waals surface area contributed by atoms with Crippen molar-refractivity contribution in [1.82, 2.24) is 9.47 Å². The number of pyridine rings is 1. The van der Waals surface area contributed by atoms with Crippen molar-refractivity contribution in [3.63, 3.8) is 0 Å². The van der Waals surface area contributed by atoms with Gasteiger partial charge in [0.05, 0.1) is 35.5 Å². The number of halogens is 2. The van der Waals surface area contributed by atoms with Gasteiger partial charge in [-0.3, -0.25) is 9.59 Å². The average Bonchev–Trinajstić information content (AvgIpc) is 3.39. The van der Waals surface area contributed by atoms with Gasteiger partial charge in [0.15, 0.2) is 0 Å². The maximum atomic E-state index is 13.7. The molecule has 2 aliphatic heterocycles. The highest BCUT2D eigenvalue weighted by molar-refractivity contribution is 6.34. The van der Waals surface area contributed by atoms with Crippen LogP contribution >= 0.6 is 23.2 Å². The number of nitrogens with zero attached hydrogens (tertiary/aromatic N) is 2. The largest absolute Gasteiger partial charge is 0.394 e. The van der Waals surface area contributed by atoms with Crippen LogP contribution in [0.3, 0.4) is 0 Å². The summed E-state index contributed by atoms with van der Waals surface area (Å²) in [6.07, 6.45) is 1.60. The number of carbonyl (C=O) groups is 1. The molecule has 1 aromatic heterocycles. The first-order chi connectivity index (χ1) is 15.0. The van der Waals surface area contributed by atoms with Gasteiger partial charge in [-0.05, 0) is 48.2 Å². The fraction of sp³-hybridized carbons (Fsp3) is 0.250. The lowest BCUT2D eigenvalue weighted by atomic mass is 9.99. The predicted molar refractivity (Wildman–Crippen MR) is 122 cm³/mol. The number of aliphatic hydroxyl groups excluding tert-OH is 1. The molecule has 0 radical (unpaired) electrons. The summed E-state index contributed by atoms with van der Waals surface area (Å²) in [4.78, 5) is 28.9. The van der Waals surface area contributed by atoms with Crippen LogP contribution in [0.4, 0.5) is 0 Å². The molecule has 7 heteroatoms. The molecule has 5 nitrogen and oxygen atoms in total. The highest BCUT2D eigenvalue weighted by Crippen LogP contribution is 2.40. The maximum absolute atomic E-state index is 13.7. The van der Waals surface area contributed by atoms with Crippen LogP contribution in [0.15, 0.2) is 53.3 Å². The van der Waals surface area contributed by atoms with Crippen LogP contribution in [-0.4, -0.2) is 39.7 Å². The van der Waals surface area contributed by atoms with Crippen LogP contribution in [0, 0.1) is 0 Å². The minimum absolute atomic E-state index is 0.0841. The van der Waals surface area contributed by atoms with E-state index in [4.69, 9.17) is 23.2 Å². The van der Waals surface area contributed by atoms with Crippen LogP contribution in [0.1, 0.15) is 28.8 Å². The van der Waals surface area contributed by atoms with Crippen LogP contribution in [0.5, 0.6) is 0 Å². The number of amides is 1. The Labute approximate surface area is 189 Å². The summed E-state index contributed by atoms with van der Waals surface area (Å²) in [5.41, 5.74) is 3.47. The molecule has 2 aromatic carbocycles. The monoisotopic (exact) mass is 454 g/mol. The Morgan fingerprint density at radius 1 is 1.13 bits per heavy atom. The number of aliphatic hydroxyl groups is 1. The molecule has 1 atom stereocenters. The average molecular weight is 455 g/mol. The summed E-state index contributed by atoms with van der Waals surface area (Å²) in [6.45, 7) is 0.839. The van der Waals surface area contributed by atoms with Crippen molar-refractivity contribution in [3.8, 4) is 22.4 Å². The lowest BCUT2D eigenvalue weighted by molar-refractivity contribution is 0.0678. The number of rotatable bonds is 3. The van der Waals surface area contributed by atoms with Crippen LogP contribution < -0.4 is 5.56 Å². The van der Waals surface area contributed by atoms with E-state index < -0.39 is 0 Å². The molecule has 5 rings (SSSR count). The Morgan fingerprint density at radius 2 is 1.94 bits per heavy atom. The van der Waals surface area contributed by atoms with Gasteiger partial charge in [0, 0.05) is 22.7 Å². The summed E-state index contributed by atoms with van der Waals surface area (Å²) in [6, 6.07) is 14.0. The SMILES string of the molecule is O=C(c1cc(-c2cccc(Cl)c2)c(=O)n2c1-c1c(Cl)cccc1C2)N1CCCC1CO. The fourth-order valence-corrected chi connectivity index (χ4v) is 5.17. The fourth-order valence-electron chi connectivity index (χ4n) is 4.70. The zero-order valence-corrected chi connectivity index (χ0v) is 18.2. The van der Waals surface area contributed by atoms with Crippen molar-refractivity contribution in [2.75, 3.05) is 13.2 Å². The van der Waals surface area contributed by atoms with Crippen LogP contribution in [0.25, 0.3) is 22.4 Å². The standard InChI is InChI=1S/C24H20Cl2N2O3/c25-16-6-1-4-14(10-16)18-11-19(24(31)27-9-3-7-17(27)13-29)22-21-15(5-2-8-20(21)26)12-28(22)23(18)30/h1-2,4-6,8,10-11,17,29H,3,7,9,12-13H2. The van der Waals surface area contributed by atoms with Crippen molar-refractivity contribution < 1.29 is 9.90 Å². The molecule has 0 bridgehead atoms. The summed E-state index contributed by atoms with van der Waals surface area (Å²) >= 11 is 12.7. The second kappa shape index (κ2) is 7.83. The number of likely N-dealkylation sites (tertiary alicyclic amines) is 1. The van der Waals surface area contributed by atoms with E-state index in [1.165, 1.54) is 0 Å². The van der Waals surface area contributed by atoms with Gasteiger partial charge in [0.2, 0.25) is 0 Å². The Bertz CT molecular complexity index is 1270. The predicted octanol–water partition coefficient (Wildman–Crippen LogP) is 4.45. The third-order valence-corrected chi connectivity index (χ3v) is 6.72. The first kappa shape index (κ1) is 20.3. The number of benzene rings is 2. The molecule has 0 saturated carbocycles. The highest BCUT2D eigenvalue weighted by atomic mass is 35.5. The highest BCUT2D eigenvalue weighted by Gasteiger charge is 2.34. The molecule has 1 fully saturated rings. The van der Waals surface area contributed by atoms with E-state index in [0.717, 1.165) is 24.0 Å². The third kappa shape index (κ3) is 3.28. The second-order valence-electron chi connectivity index (χ2n) is 7.97. The van der Waals surface area contributed by atoms with Gasteiger partial charge >= 0.3 is 0 Å². The van der Waals surface area contributed by atoms with E-state index in [9.17, 15) is 14.7 Å². The van der Waals surface area contributed by atoms with E-state index in [-0.39, 0.29) is 24.1 Å². The molecular formula is C24H20Cl2N2O3. The molecule has 1 unspecified atom stereocenters. The minimum atomic E-state index is -0.221. The summed E-state index contributed by atoms with van der Waals surface area (Å²) in [7, 11) is 0. The Kier molecular flexibility index (Phi) is 5.13. The number of fused-ring (bicyclic) bond motifs is 3. The Morgan fingerprint density at radius 3 is 2.71 bits per heavy atom. The molecule has 2 aliphatic rings. The molecule has 3 aromatic rings. The normalized spacial score (nSPS) is 17.0. The molecule has 1 N–H and O–H groups in total.